The molecule has 0 fully saturated rings. The average Bonchev–Trinajstić information content (AvgIpc) is 3.11. The van der Waals surface area contributed by atoms with Gasteiger partial charge in [0.25, 0.3) is 0 Å². The van der Waals surface area contributed by atoms with E-state index in [1.807, 2.05) is 6.92 Å². The molecule has 1 atom stereocenters. The number of amides is 2. The summed E-state index contributed by atoms with van der Waals surface area (Å²) >= 11 is 1.41. The summed E-state index contributed by atoms with van der Waals surface area (Å²) in [7, 11) is 0. The van der Waals surface area contributed by atoms with Crippen molar-refractivity contribution >= 4 is 33.9 Å². The zero-order valence-electron chi connectivity index (χ0n) is 15.3. The van der Waals surface area contributed by atoms with Gasteiger partial charge in [0.05, 0.1) is 34.8 Å². The highest BCUT2D eigenvalue weighted by atomic mass is 32.1. The van der Waals surface area contributed by atoms with E-state index < -0.39 is 11.8 Å². The van der Waals surface area contributed by atoms with Gasteiger partial charge in [-0.3, -0.25) is 19.6 Å². The largest absolute Gasteiger partial charge is 0.366 e. The van der Waals surface area contributed by atoms with Crippen molar-refractivity contribution < 1.29 is 9.59 Å². The first kappa shape index (κ1) is 19.3. The van der Waals surface area contributed by atoms with Crippen molar-refractivity contribution in [3.8, 4) is 11.3 Å². The highest BCUT2D eigenvalue weighted by Gasteiger charge is 2.19. The quantitative estimate of drug-likeness (QED) is 0.619. The lowest BCUT2D eigenvalue weighted by Crippen LogP contribution is -2.20. The molecule has 0 aromatic carbocycles. The smallest absolute Gasteiger partial charge is 0.250 e. The molecule has 0 saturated carbocycles. The Balaban J connectivity index is 1.78. The van der Waals surface area contributed by atoms with E-state index in [0.29, 0.717) is 27.8 Å². The fourth-order valence-electron chi connectivity index (χ4n) is 2.34. The molecule has 8 nitrogen and oxygen atoms in total. The molecule has 142 valence electrons. The fraction of sp³-hybridized carbons (Fsp3) is 0.158. The molecular weight excluding hydrogens is 376 g/mol. The van der Waals surface area contributed by atoms with Gasteiger partial charge in [-0.15, -0.1) is 11.3 Å². The predicted octanol–water partition coefficient (Wildman–Crippen LogP) is 2.54. The Bertz CT molecular complexity index is 1040. The third kappa shape index (κ3) is 4.26. The maximum Gasteiger partial charge on any atom is 0.250 e. The van der Waals surface area contributed by atoms with Gasteiger partial charge >= 0.3 is 0 Å². The van der Waals surface area contributed by atoms with Crippen LogP contribution in [0, 0.1) is 6.92 Å². The Morgan fingerprint density at radius 3 is 2.57 bits per heavy atom. The zero-order chi connectivity index (χ0) is 20.3. The molecule has 3 heterocycles. The van der Waals surface area contributed by atoms with E-state index in [4.69, 9.17) is 5.73 Å². The van der Waals surface area contributed by atoms with Crippen LogP contribution in [0.4, 0.5) is 5.13 Å². The number of primary amides is 1. The normalized spacial score (nSPS) is 11.6. The molecule has 9 heteroatoms. The van der Waals surface area contributed by atoms with Crippen LogP contribution in [0.2, 0.25) is 0 Å². The monoisotopic (exact) mass is 394 g/mol. The molecule has 3 aromatic heterocycles. The van der Waals surface area contributed by atoms with Gasteiger partial charge < -0.3 is 11.1 Å². The number of carbonyl (C=O) groups is 2. The van der Waals surface area contributed by atoms with Crippen molar-refractivity contribution in [3.63, 3.8) is 0 Å². The lowest BCUT2D eigenvalue weighted by molar-refractivity contribution is -0.117. The minimum atomic E-state index is -0.627. The number of anilines is 1. The molecule has 3 rings (SSSR count). The van der Waals surface area contributed by atoms with Crippen LogP contribution in [0.25, 0.3) is 16.8 Å². The van der Waals surface area contributed by atoms with Crippen LogP contribution in [0.3, 0.4) is 0 Å². The molecular formula is C19H18N6O2S. The number of nitrogens with two attached hydrogens (primary N) is 1. The first-order chi connectivity index (χ1) is 13.3. The molecule has 0 aliphatic carbocycles. The van der Waals surface area contributed by atoms with Gasteiger partial charge in [0.2, 0.25) is 11.8 Å². The second kappa shape index (κ2) is 8.05. The number of hydrogen-bond acceptors (Lipinski definition) is 7. The van der Waals surface area contributed by atoms with Crippen LogP contribution in [0.15, 0.2) is 43.5 Å². The number of hydrogen-bond donors (Lipinski definition) is 2. The molecule has 0 spiro atoms. The number of aromatic nitrogens is 4. The van der Waals surface area contributed by atoms with Crippen molar-refractivity contribution in [2.75, 3.05) is 5.32 Å². The molecule has 3 aromatic rings. The van der Waals surface area contributed by atoms with Gasteiger partial charge in [0.1, 0.15) is 0 Å². The lowest BCUT2D eigenvalue weighted by atomic mass is 10.1. The Kier molecular flexibility index (Phi) is 5.55. The number of thiazole rings is 1. The number of nitrogens with zero attached hydrogens (tertiary/aromatic N) is 4. The summed E-state index contributed by atoms with van der Waals surface area (Å²) in [5.41, 5.74) is 7.52. The Labute approximate surface area is 165 Å². The van der Waals surface area contributed by atoms with Crippen LogP contribution in [-0.2, 0) is 9.59 Å². The number of aryl methyl sites for hydroxylation is 1. The van der Waals surface area contributed by atoms with E-state index in [1.54, 1.807) is 43.8 Å². The molecule has 3 N–H and O–H groups in total. The third-order valence-electron chi connectivity index (χ3n) is 4.01. The number of rotatable bonds is 6. The van der Waals surface area contributed by atoms with Gasteiger partial charge in [-0.2, -0.15) is 0 Å². The standard InChI is InChI=1S/C19H18N6O2S/c1-10-6-23-19(28-10)25-18(27)12(3)15-8-21-9-16(24-15)13-4-5-14(22-7-13)11(2)17(20)26/h4-9,12H,2H2,1,3H3,(H2,20,26)(H,23,25,27). The molecule has 0 saturated heterocycles. The van der Waals surface area contributed by atoms with Crippen molar-refractivity contribution in [2.45, 2.75) is 19.8 Å². The third-order valence-corrected chi connectivity index (χ3v) is 4.84. The maximum absolute atomic E-state index is 12.5. The molecule has 1 unspecified atom stereocenters. The van der Waals surface area contributed by atoms with Gasteiger partial charge in [-0.05, 0) is 26.0 Å². The Morgan fingerprint density at radius 1 is 1.18 bits per heavy atom. The summed E-state index contributed by atoms with van der Waals surface area (Å²) in [4.78, 5) is 41.7. The molecule has 0 aliphatic rings. The van der Waals surface area contributed by atoms with Gasteiger partial charge in [0.15, 0.2) is 5.13 Å². The molecule has 0 bridgehead atoms. The summed E-state index contributed by atoms with van der Waals surface area (Å²) in [6.45, 7) is 7.28. The molecule has 2 amide bonds. The van der Waals surface area contributed by atoms with Gasteiger partial charge in [-0.1, -0.05) is 6.58 Å². The van der Waals surface area contributed by atoms with Crippen molar-refractivity contribution in [1.82, 2.24) is 19.9 Å². The highest BCUT2D eigenvalue weighted by molar-refractivity contribution is 7.15. The van der Waals surface area contributed by atoms with Gasteiger partial charge in [-0.25, -0.2) is 9.97 Å². The van der Waals surface area contributed by atoms with Crippen LogP contribution in [-0.4, -0.2) is 31.8 Å². The van der Waals surface area contributed by atoms with Crippen molar-refractivity contribution in [2.24, 2.45) is 5.73 Å². The maximum atomic E-state index is 12.5. The zero-order valence-corrected chi connectivity index (χ0v) is 16.2. The first-order valence-electron chi connectivity index (χ1n) is 8.36. The first-order valence-corrected chi connectivity index (χ1v) is 9.17. The highest BCUT2D eigenvalue weighted by Crippen LogP contribution is 2.22. The second-order valence-corrected chi connectivity index (χ2v) is 7.33. The molecule has 0 radical (unpaired) electrons. The van der Waals surface area contributed by atoms with E-state index in [2.05, 4.69) is 31.8 Å². The number of pyridine rings is 1. The number of carbonyl (C=O) groups excluding carboxylic acids is 2. The van der Waals surface area contributed by atoms with Crippen LogP contribution in [0.1, 0.15) is 29.1 Å². The van der Waals surface area contributed by atoms with Crippen molar-refractivity contribution in [1.29, 1.82) is 0 Å². The minimum Gasteiger partial charge on any atom is -0.366 e. The SMILES string of the molecule is C=C(C(N)=O)c1ccc(-c2cncc(C(C)C(=O)Nc3ncc(C)s3)n2)cn1. The van der Waals surface area contributed by atoms with E-state index in [0.717, 1.165) is 4.88 Å². The van der Waals surface area contributed by atoms with Crippen LogP contribution in [0.5, 0.6) is 0 Å². The lowest BCUT2D eigenvalue weighted by Gasteiger charge is -2.11. The second-order valence-electron chi connectivity index (χ2n) is 6.09. The van der Waals surface area contributed by atoms with Gasteiger partial charge in [0, 0.05) is 29.0 Å². The summed E-state index contributed by atoms with van der Waals surface area (Å²) in [6.07, 6.45) is 6.39. The summed E-state index contributed by atoms with van der Waals surface area (Å²) < 4.78 is 0. The summed E-state index contributed by atoms with van der Waals surface area (Å²) in [5.74, 6) is -1.36. The minimum absolute atomic E-state index is 0.133. The van der Waals surface area contributed by atoms with Crippen LogP contribution >= 0.6 is 11.3 Å². The fourth-order valence-corrected chi connectivity index (χ4v) is 3.01. The number of nitrogens with one attached hydrogen (secondary N) is 1. The molecule has 28 heavy (non-hydrogen) atoms. The van der Waals surface area contributed by atoms with E-state index in [-0.39, 0.29) is 11.5 Å². The average molecular weight is 394 g/mol. The van der Waals surface area contributed by atoms with E-state index in [1.165, 1.54) is 11.3 Å². The predicted molar refractivity (Wildman–Crippen MR) is 107 cm³/mol. The van der Waals surface area contributed by atoms with Crippen LogP contribution < -0.4 is 11.1 Å². The summed E-state index contributed by atoms with van der Waals surface area (Å²) in [5, 5.41) is 3.33. The topological polar surface area (TPSA) is 124 Å². The van der Waals surface area contributed by atoms with E-state index in [9.17, 15) is 9.59 Å². The van der Waals surface area contributed by atoms with Crippen molar-refractivity contribution in [3.05, 3.63) is 59.8 Å². The Morgan fingerprint density at radius 2 is 1.96 bits per heavy atom. The van der Waals surface area contributed by atoms with E-state index >= 15 is 0 Å². The summed E-state index contributed by atoms with van der Waals surface area (Å²) in [6, 6.07) is 3.38. The molecule has 0 aliphatic heterocycles. The Hall–Kier alpha value is -3.46.